The van der Waals surface area contributed by atoms with E-state index in [1.54, 1.807) is 7.11 Å². The van der Waals surface area contributed by atoms with Crippen molar-refractivity contribution in [3.63, 3.8) is 0 Å². The number of ether oxygens (including phenoxy) is 1. The topological polar surface area (TPSA) is 38.3 Å². The Morgan fingerprint density at radius 2 is 2.47 bits per heavy atom. The molecule has 2 atom stereocenters. The Labute approximate surface area is 107 Å². The fraction of sp³-hybridized carbons (Fsp3) is 0.769. The maximum atomic E-state index is 12.0. The van der Waals surface area contributed by atoms with Crippen LogP contribution >= 0.6 is 11.8 Å². The largest absolute Gasteiger partial charge is 0.376 e. The lowest BCUT2D eigenvalue weighted by molar-refractivity contribution is -0.126. The molecule has 1 heterocycles. The molecule has 0 aromatic heterocycles. The minimum Gasteiger partial charge on any atom is -0.376 e. The van der Waals surface area contributed by atoms with Crippen molar-refractivity contribution < 1.29 is 9.53 Å². The second-order valence-corrected chi connectivity index (χ2v) is 5.99. The number of allylic oxidation sites excluding steroid dienone is 2. The van der Waals surface area contributed by atoms with Gasteiger partial charge in [0.2, 0.25) is 5.91 Å². The molecule has 1 N–H and O–H groups in total. The molecule has 0 bridgehead atoms. The van der Waals surface area contributed by atoms with Crippen molar-refractivity contribution in [3.8, 4) is 0 Å². The molecule has 0 saturated carbocycles. The standard InChI is InChI=1S/C13H21NO2S/c1-16-13(7-8-17-10-13)9-14-12(15)11-5-3-2-4-6-11/h2-3,11H,4-10H2,1H3,(H,14,15)/t11-,13-/m1/s1. The monoisotopic (exact) mass is 255 g/mol. The van der Waals surface area contributed by atoms with Crippen LogP contribution in [0.1, 0.15) is 25.7 Å². The number of rotatable bonds is 4. The van der Waals surface area contributed by atoms with Crippen LogP contribution in [-0.2, 0) is 9.53 Å². The van der Waals surface area contributed by atoms with Crippen molar-refractivity contribution in [2.24, 2.45) is 5.92 Å². The fourth-order valence-corrected chi connectivity index (χ4v) is 3.78. The Morgan fingerprint density at radius 1 is 1.59 bits per heavy atom. The highest BCUT2D eigenvalue weighted by Crippen LogP contribution is 2.30. The van der Waals surface area contributed by atoms with Gasteiger partial charge < -0.3 is 10.1 Å². The minimum absolute atomic E-state index is 0.120. The summed E-state index contributed by atoms with van der Waals surface area (Å²) in [6.07, 6.45) is 8.22. The van der Waals surface area contributed by atoms with E-state index in [2.05, 4.69) is 17.5 Å². The second kappa shape index (κ2) is 5.91. The van der Waals surface area contributed by atoms with E-state index in [4.69, 9.17) is 4.74 Å². The van der Waals surface area contributed by atoms with Gasteiger partial charge in [0.05, 0.1) is 5.60 Å². The summed E-state index contributed by atoms with van der Waals surface area (Å²) in [7, 11) is 1.75. The first-order valence-corrected chi connectivity index (χ1v) is 7.47. The number of thioether (sulfide) groups is 1. The number of carbonyl (C=O) groups is 1. The molecule has 3 nitrogen and oxygen atoms in total. The van der Waals surface area contributed by atoms with E-state index < -0.39 is 0 Å². The zero-order valence-corrected chi connectivity index (χ0v) is 11.2. The molecule has 1 amide bonds. The average molecular weight is 255 g/mol. The lowest BCUT2D eigenvalue weighted by Crippen LogP contribution is -2.46. The quantitative estimate of drug-likeness (QED) is 0.781. The van der Waals surface area contributed by atoms with E-state index in [1.165, 1.54) is 0 Å². The molecule has 1 aliphatic heterocycles. The van der Waals surface area contributed by atoms with Gasteiger partial charge in [0.1, 0.15) is 0 Å². The van der Waals surface area contributed by atoms with Crippen LogP contribution in [0.5, 0.6) is 0 Å². The summed E-state index contributed by atoms with van der Waals surface area (Å²) in [5, 5.41) is 3.07. The van der Waals surface area contributed by atoms with Gasteiger partial charge in [0.15, 0.2) is 0 Å². The third kappa shape index (κ3) is 3.26. The molecular weight excluding hydrogens is 234 g/mol. The minimum atomic E-state index is -0.120. The first kappa shape index (κ1) is 13.0. The van der Waals surface area contributed by atoms with Crippen LogP contribution < -0.4 is 5.32 Å². The summed E-state index contributed by atoms with van der Waals surface area (Å²) in [4.78, 5) is 12.0. The number of amides is 1. The summed E-state index contributed by atoms with van der Waals surface area (Å²) in [5.74, 6) is 2.50. The molecule has 0 aromatic carbocycles. The van der Waals surface area contributed by atoms with Crippen molar-refractivity contribution >= 4 is 17.7 Å². The van der Waals surface area contributed by atoms with Crippen LogP contribution in [0.25, 0.3) is 0 Å². The molecule has 0 aromatic rings. The molecule has 1 fully saturated rings. The number of methoxy groups -OCH3 is 1. The van der Waals surface area contributed by atoms with E-state index in [9.17, 15) is 4.79 Å². The van der Waals surface area contributed by atoms with Gasteiger partial charge in [-0.25, -0.2) is 0 Å². The third-order valence-corrected chi connectivity index (χ3v) is 4.95. The van der Waals surface area contributed by atoms with Gasteiger partial charge in [-0.05, 0) is 31.4 Å². The smallest absolute Gasteiger partial charge is 0.223 e. The lowest BCUT2D eigenvalue weighted by Gasteiger charge is -2.28. The molecule has 17 heavy (non-hydrogen) atoms. The maximum absolute atomic E-state index is 12.0. The molecule has 2 aliphatic rings. The van der Waals surface area contributed by atoms with Gasteiger partial charge in [-0.1, -0.05) is 12.2 Å². The Kier molecular flexibility index (Phi) is 4.51. The predicted molar refractivity (Wildman–Crippen MR) is 71.2 cm³/mol. The van der Waals surface area contributed by atoms with Gasteiger partial charge >= 0.3 is 0 Å². The van der Waals surface area contributed by atoms with Gasteiger partial charge in [-0.15, -0.1) is 0 Å². The first-order valence-electron chi connectivity index (χ1n) is 6.31. The highest BCUT2D eigenvalue weighted by Gasteiger charge is 2.35. The molecule has 0 radical (unpaired) electrons. The average Bonchev–Trinajstić information content (AvgIpc) is 2.86. The summed E-state index contributed by atoms with van der Waals surface area (Å²) < 4.78 is 5.59. The molecule has 2 rings (SSSR count). The Morgan fingerprint density at radius 3 is 3.06 bits per heavy atom. The fourth-order valence-electron chi connectivity index (χ4n) is 2.39. The SMILES string of the molecule is CO[C@@]1(CNC(=O)[C@@H]2CC=CCC2)CCSC1. The Balaban J connectivity index is 1.80. The summed E-state index contributed by atoms with van der Waals surface area (Å²) in [5.41, 5.74) is -0.120. The molecule has 4 heteroatoms. The first-order chi connectivity index (χ1) is 8.26. The van der Waals surface area contributed by atoms with Crippen molar-refractivity contribution in [2.45, 2.75) is 31.3 Å². The second-order valence-electron chi connectivity index (χ2n) is 4.89. The Hall–Kier alpha value is -0.480. The van der Waals surface area contributed by atoms with Crippen LogP contribution in [0.3, 0.4) is 0 Å². The van der Waals surface area contributed by atoms with Crippen LogP contribution in [0.15, 0.2) is 12.2 Å². The van der Waals surface area contributed by atoms with Crippen molar-refractivity contribution in [1.29, 1.82) is 0 Å². The number of hydrogen-bond donors (Lipinski definition) is 1. The van der Waals surface area contributed by atoms with Crippen LogP contribution in [-0.4, -0.2) is 36.7 Å². The summed E-state index contributed by atoms with van der Waals surface area (Å²) in [6, 6.07) is 0. The molecule has 1 aliphatic carbocycles. The Bertz CT molecular complexity index is 298. The van der Waals surface area contributed by atoms with Gasteiger partial charge in [-0.2, -0.15) is 11.8 Å². The normalized spacial score (nSPS) is 32.6. The molecule has 0 unspecified atom stereocenters. The predicted octanol–water partition coefficient (Wildman–Crippen LogP) is 1.98. The highest BCUT2D eigenvalue weighted by molar-refractivity contribution is 7.99. The van der Waals surface area contributed by atoms with Crippen molar-refractivity contribution in [3.05, 3.63) is 12.2 Å². The molecule has 96 valence electrons. The van der Waals surface area contributed by atoms with Gasteiger partial charge in [0.25, 0.3) is 0 Å². The van der Waals surface area contributed by atoms with E-state index in [-0.39, 0.29) is 17.4 Å². The van der Waals surface area contributed by atoms with Crippen molar-refractivity contribution in [2.75, 3.05) is 25.2 Å². The van der Waals surface area contributed by atoms with E-state index in [0.717, 1.165) is 37.2 Å². The molecular formula is C13H21NO2S. The highest BCUT2D eigenvalue weighted by atomic mass is 32.2. The zero-order valence-electron chi connectivity index (χ0n) is 10.4. The van der Waals surface area contributed by atoms with E-state index in [1.807, 2.05) is 11.8 Å². The zero-order chi connectivity index (χ0) is 12.1. The van der Waals surface area contributed by atoms with Gasteiger partial charge in [0, 0.05) is 25.3 Å². The summed E-state index contributed by atoms with van der Waals surface area (Å²) in [6.45, 7) is 0.662. The number of hydrogen-bond acceptors (Lipinski definition) is 3. The van der Waals surface area contributed by atoms with E-state index in [0.29, 0.717) is 6.54 Å². The lowest BCUT2D eigenvalue weighted by atomic mass is 9.93. The van der Waals surface area contributed by atoms with Crippen molar-refractivity contribution in [1.82, 2.24) is 5.32 Å². The van der Waals surface area contributed by atoms with Crippen LogP contribution in [0.2, 0.25) is 0 Å². The number of carbonyl (C=O) groups excluding carboxylic acids is 1. The maximum Gasteiger partial charge on any atom is 0.223 e. The third-order valence-electron chi connectivity index (χ3n) is 3.72. The van der Waals surface area contributed by atoms with Gasteiger partial charge in [-0.3, -0.25) is 4.79 Å². The molecule has 0 spiro atoms. The van der Waals surface area contributed by atoms with Crippen LogP contribution in [0, 0.1) is 5.92 Å². The van der Waals surface area contributed by atoms with E-state index >= 15 is 0 Å². The van der Waals surface area contributed by atoms with Crippen LogP contribution in [0.4, 0.5) is 0 Å². The summed E-state index contributed by atoms with van der Waals surface area (Å²) >= 11 is 1.91. The number of nitrogens with one attached hydrogen (secondary N) is 1. The molecule has 1 saturated heterocycles.